The second-order valence-electron chi connectivity index (χ2n) is 23.1. The molecule has 3 atom stereocenters. The van der Waals surface area contributed by atoms with Crippen molar-refractivity contribution in [2.75, 3.05) is 40.9 Å². The maximum atomic E-state index is 13.6. The van der Waals surface area contributed by atoms with Gasteiger partial charge in [-0.15, -0.1) is 0 Å². The number of unbranched alkanes of at least 4 members (excludes halogenated alkanes) is 33. The van der Waals surface area contributed by atoms with Crippen LogP contribution >= 0.6 is 7.82 Å². The summed E-state index contributed by atoms with van der Waals surface area (Å²) in [5.74, 6) is -0.554. The van der Waals surface area contributed by atoms with Crippen molar-refractivity contribution in [2.45, 2.75) is 290 Å². The van der Waals surface area contributed by atoms with Crippen molar-refractivity contribution in [3.8, 4) is 0 Å². The molecule has 0 spiro atoms. The van der Waals surface area contributed by atoms with E-state index in [1.807, 2.05) is 94.1 Å². The molecule has 0 aromatic rings. The first-order valence-electron chi connectivity index (χ1n) is 32.6. The van der Waals surface area contributed by atoms with Crippen LogP contribution in [0, 0.1) is 0 Å². The van der Waals surface area contributed by atoms with Crippen LogP contribution < -0.4 is 5.32 Å². The minimum absolute atomic E-state index is 0.0288. The van der Waals surface area contributed by atoms with Crippen molar-refractivity contribution in [3.05, 3.63) is 97.2 Å². The number of esters is 1. The van der Waals surface area contributed by atoms with E-state index in [2.05, 4.69) is 50.4 Å². The summed E-state index contributed by atoms with van der Waals surface area (Å²) in [6.45, 7) is 6.85. The normalized spacial score (nSPS) is 14.3. The molecule has 456 valence electrons. The van der Waals surface area contributed by atoms with Gasteiger partial charge in [0.25, 0.3) is 0 Å². The molecule has 2 N–H and O–H groups in total. The van der Waals surface area contributed by atoms with E-state index in [1.165, 1.54) is 173 Å². The lowest BCUT2D eigenvalue weighted by atomic mass is 10.0. The number of hydrogen-bond donors (Lipinski definition) is 2. The molecule has 0 bridgehead atoms. The van der Waals surface area contributed by atoms with Gasteiger partial charge in [-0.05, 0) is 76.7 Å². The molecule has 0 radical (unpaired) electrons. The quantitative estimate of drug-likeness (QED) is 0.0156. The Kier molecular flexibility index (Phi) is 55.9. The highest BCUT2D eigenvalue weighted by atomic mass is 31.2. The average molecular weight is 1120 g/mol. The standard InChI is InChI=1S/C69H123N2O7P/c1-7-10-13-16-19-22-25-28-30-32-33-34-35-36-37-39-40-43-46-49-52-55-58-61-68(72)70-66(65-77-79(74,75)76-64-63-71(4,5)6)67(60-57-54-51-48-45-42-27-24-21-18-15-12-9-3)78-69(73)62-59-56-53-50-47-44-41-38-31-29-26-23-20-17-14-11-8-2/h11,14,17,20,23,26,28-31,38,41,44,47,57,60,66-67H,7-10,12-13,15-16,18-19,21-22,24-25,27,32-37,39-40,42-43,45-46,48-56,58-59,61-65H2,1-6H3,(H-,70,72,74,75)/p+1/b14-11-,20-17+,26-23+,30-28+,31-29-,41-38+,47-44+,60-57-. The lowest BCUT2D eigenvalue weighted by molar-refractivity contribution is -0.870. The molecule has 0 heterocycles. The van der Waals surface area contributed by atoms with Crippen molar-refractivity contribution >= 4 is 19.7 Å². The van der Waals surface area contributed by atoms with Crippen LogP contribution in [-0.4, -0.2) is 74.3 Å². The Balaban J connectivity index is 5.25. The predicted molar refractivity (Wildman–Crippen MR) is 341 cm³/mol. The van der Waals surface area contributed by atoms with Gasteiger partial charge in [0.2, 0.25) is 5.91 Å². The predicted octanol–water partition coefficient (Wildman–Crippen LogP) is 20.3. The van der Waals surface area contributed by atoms with Crippen molar-refractivity contribution < 1.29 is 37.3 Å². The number of hydrogen-bond acceptors (Lipinski definition) is 6. The zero-order valence-corrected chi connectivity index (χ0v) is 53.0. The summed E-state index contributed by atoms with van der Waals surface area (Å²) in [5, 5.41) is 3.05. The van der Waals surface area contributed by atoms with Gasteiger partial charge >= 0.3 is 13.8 Å². The zero-order valence-electron chi connectivity index (χ0n) is 52.1. The summed E-state index contributed by atoms with van der Waals surface area (Å²) in [5.41, 5.74) is 0. The number of ether oxygens (including phenoxy) is 1. The molecule has 10 heteroatoms. The molecule has 79 heavy (non-hydrogen) atoms. The van der Waals surface area contributed by atoms with Crippen LogP contribution in [0.15, 0.2) is 97.2 Å². The Labute approximate surface area is 488 Å². The monoisotopic (exact) mass is 1120 g/mol. The number of amides is 1. The molecule has 3 unspecified atom stereocenters. The van der Waals surface area contributed by atoms with Crippen LogP contribution in [0.2, 0.25) is 0 Å². The number of phosphoric acid groups is 1. The van der Waals surface area contributed by atoms with E-state index in [0.29, 0.717) is 23.9 Å². The van der Waals surface area contributed by atoms with Crippen molar-refractivity contribution in [1.82, 2.24) is 5.32 Å². The summed E-state index contributed by atoms with van der Waals surface area (Å²) in [4.78, 5) is 37.8. The molecule has 0 aliphatic carbocycles. The average Bonchev–Trinajstić information content (AvgIpc) is 3.41. The Hall–Kier alpha value is -3.07. The summed E-state index contributed by atoms with van der Waals surface area (Å²) in [7, 11) is 1.46. The summed E-state index contributed by atoms with van der Waals surface area (Å²) in [6.07, 6.45) is 78.4. The van der Waals surface area contributed by atoms with Gasteiger partial charge in [0.15, 0.2) is 0 Å². The second-order valence-corrected chi connectivity index (χ2v) is 24.5. The van der Waals surface area contributed by atoms with Crippen LogP contribution in [0.4, 0.5) is 0 Å². The molecular weight excluding hydrogens is 1000 g/mol. The van der Waals surface area contributed by atoms with Crippen LogP contribution in [0.25, 0.3) is 0 Å². The van der Waals surface area contributed by atoms with Crippen molar-refractivity contribution in [2.24, 2.45) is 0 Å². The van der Waals surface area contributed by atoms with Gasteiger partial charge in [-0.1, -0.05) is 285 Å². The maximum absolute atomic E-state index is 13.6. The van der Waals surface area contributed by atoms with Crippen LogP contribution in [0.3, 0.4) is 0 Å². The van der Waals surface area contributed by atoms with E-state index in [0.717, 1.165) is 64.2 Å². The molecule has 1 amide bonds. The van der Waals surface area contributed by atoms with E-state index in [-0.39, 0.29) is 31.5 Å². The van der Waals surface area contributed by atoms with E-state index < -0.39 is 20.0 Å². The molecule has 0 saturated heterocycles. The van der Waals surface area contributed by atoms with Gasteiger partial charge in [0.1, 0.15) is 19.3 Å². The van der Waals surface area contributed by atoms with E-state index in [1.54, 1.807) is 0 Å². The lowest BCUT2D eigenvalue weighted by Crippen LogP contribution is -2.47. The Morgan fingerprint density at radius 2 is 0.823 bits per heavy atom. The molecule has 9 nitrogen and oxygen atoms in total. The molecule has 0 rings (SSSR count). The molecule has 0 saturated carbocycles. The fraction of sp³-hybridized carbons (Fsp3) is 0.739. The number of nitrogens with zero attached hydrogens (tertiary/aromatic N) is 1. The first-order chi connectivity index (χ1) is 38.4. The van der Waals surface area contributed by atoms with E-state index in [9.17, 15) is 19.0 Å². The first kappa shape index (κ1) is 75.9. The minimum atomic E-state index is -4.47. The van der Waals surface area contributed by atoms with Gasteiger partial charge in [0, 0.05) is 12.8 Å². The minimum Gasteiger partial charge on any atom is -0.456 e. The number of nitrogens with one attached hydrogen (secondary N) is 1. The highest BCUT2D eigenvalue weighted by molar-refractivity contribution is 7.47. The lowest BCUT2D eigenvalue weighted by Gasteiger charge is -2.27. The van der Waals surface area contributed by atoms with Crippen LogP contribution in [0.1, 0.15) is 278 Å². The van der Waals surface area contributed by atoms with Crippen molar-refractivity contribution in [1.29, 1.82) is 0 Å². The second kappa shape index (κ2) is 58.1. The number of carbonyl (C=O) groups is 2. The number of quaternary nitrogens is 1. The summed E-state index contributed by atoms with van der Waals surface area (Å²) >= 11 is 0. The Bertz CT molecular complexity index is 1670. The Morgan fingerprint density at radius 3 is 1.27 bits per heavy atom. The molecule has 0 aromatic carbocycles. The molecule has 0 aliphatic rings. The van der Waals surface area contributed by atoms with Gasteiger partial charge in [-0.25, -0.2) is 4.57 Å². The fourth-order valence-corrected chi connectivity index (χ4v) is 9.88. The maximum Gasteiger partial charge on any atom is 0.472 e. The number of allylic oxidation sites excluding steroid dienone is 15. The van der Waals surface area contributed by atoms with Gasteiger partial charge in [-0.3, -0.25) is 18.6 Å². The van der Waals surface area contributed by atoms with E-state index in [4.69, 9.17) is 13.8 Å². The van der Waals surface area contributed by atoms with Gasteiger partial charge in [0.05, 0.1) is 33.8 Å². The van der Waals surface area contributed by atoms with Gasteiger partial charge in [-0.2, -0.15) is 0 Å². The number of carbonyl (C=O) groups excluding carboxylic acids is 2. The number of phosphoric ester groups is 1. The third kappa shape index (κ3) is 59.4. The third-order valence-corrected chi connectivity index (χ3v) is 15.2. The van der Waals surface area contributed by atoms with E-state index >= 15 is 0 Å². The summed E-state index contributed by atoms with van der Waals surface area (Å²) < 4.78 is 30.7. The molecule has 0 aliphatic heterocycles. The molecule has 0 fully saturated rings. The van der Waals surface area contributed by atoms with Crippen LogP contribution in [0.5, 0.6) is 0 Å². The van der Waals surface area contributed by atoms with Gasteiger partial charge < -0.3 is 19.4 Å². The topological polar surface area (TPSA) is 111 Å². The third-order valence-electron chi connectivity index (χ3n) is 14.2. The molecule has 0 aromatic heterocycles. The van der Waals surface area contributed by atoms with Crippen LogP contribution in [-0.2, 0) is 27.9 Å². The first-order valence-corrected chi connectivity index (χ1v) is 34.1. The zero-order chi connectivity index (χ0) is 57.9. The highest BCUT2D eigenvalue weighted by Gasteiger charge is 2.30. The highest BCUT2D eigenvalue weighted by Crippen LogP contribution is 2.43. The number of rotatable bonds is 58. The number of likely N-dealkylation sites (N-methyl/N-ethyl adjacent to an activating group) is 1. The fourth-order valence-electron chi connectivity index (χ4n) is 9.14. The molecular formula is C69H124N2O7P+. The van der Waals surface area contributed by atoms with Crippen molar-refractivity contribution in [3.63, 3.8) is 0 Å². The smallest absolute Gasteiger partial charge is 0.456 e. The summed E-state index contributed by atoms with van der Waals surface area (Å²) in [6, 6.07) is -0.872. The SMILES string of the molecule is CC\C=C/C=C/C=C/C=C\C=C\C=C\CCCCCC(=O)OC(/C=C\CCCCCCCCCCCCC)C(COP(=O)(O)OCC[N+](C)(C)C)NC(=O)CCCCCCCCCCCCCCC/C=C/CCCCCCCC. The largest absolute Gasteiger partial charge is 0.472 e. The Morgan fingerprint density at radius 1 is 0.456 bits per heavy atom.